The van der Waals surface area contributed by atoms with Crippen molar-refractivity contribution in [2.45, 2.75) is 85.3 Å². The van der Waals surface area contributed by atoms with Crippen LogP contribution in [0.15, 0.2) is 71.8 Å². The molecule has 9 fully saturated rings. The summed E-state index contributed by atoms with van der Waals surface area (Å²) >= 11 is 0. The summed E-state index contributed by atoms with van der Waals surface area (Å²) in [6.45, 7) is 10.6. The Morgan fingerprint density at radius 2 is 1.06 bits per heavy atom. The highest BCUT2D eigenvalue weighted by molar-refractivity contribution is 5.72. The van der Waals surface area contributed by atoms with Crippen molar-refractivity contribution < 1.29 is 61.9 Å². The predicted octanol–water partition coefficient (Wildman–Crippen LogP) is -1.90. The zero-order chi connectivity index (χ0) is 33.3. The van der Waals surface area contributed by atoms with Crippen molar-refractivity contribution in [3.63, 3.8) is 0 Å². The van der Waals surface area contributed by atoms with E-state index in [4.69, 9.17) is 18.9 Å². The SMILES string of the molecule is C1=C2C[N+]3(CC4CO4)CC[C@@]45c6ccccc6N6[C@@H]7OCC=C8C[N+]9(CC%10CO%10)CC[C@]%10%11c%12ccccc%12N([C@H](OC1)[C@H](C2C[C@@H]43)[C@H]65)[C@H]%10[C@H]7[C@H]8C[C@@H]%119.[Br-].[Br-]. The van der Waals surface area contributed by atoms with Gasteiger partial charge in [0, 0.05) is 60.7 Å². The molecular weight excluding hydrogens is 808 g/mol. The molecule has 11 aliphatic heterocycles. The minimum atomic E-state index is 0. The zero-order valence-corrected chi connectivity index (χ0v) is 34.0. The molecular formula is C44H50Br2N4O4. The number of fused-ring (bicyclic) bond motifs is 6. The van der Waals surface area contributed by atoms with Crippen LogP contribution in [0.1, 0.15) is 36.8 Å². The number of piperidine rings is 2. The van der Waals surface area contributed by atoms with Crippen LogP contribution in [-0.2, 0) is 29.8 Å². The van der Waals surface area contributed by atoms with Gasteiger partial charge in [0.25, 0.3) is 0 Å². The van der Waals surface area contributed by atoms with E-state index >= 15 is 0 Å². The molecule has 8 nitrogen and oxygen atoms in total. The van der Waals surface area contributed by atoms with Gasteiger partial charge in [0.15, 0.2) is 0 Å². The summed E-state index contributed by atoms with van der Waals surface area (Å²) < 4.78 is 29.7. The lowest BCUT2D eigenvalue weighted by Crippen LogP contribution is -3.00. The molecule has 13 aliphatic rings. The van der Waals surface area contributed by atoms with Gasteiger partial charge in [-0.25, -0.2) is 0 Å². The minimum Gasteiger partial charge on any atom is -1.00 e. The molecule has 15 rings (SSSR count). The predicted molar refractivity (Wildman–Crippen MR) is 194 cm³/mol. The number of hydrogen-bond acceptors (Lipinski definition) is 6. The first kappa shape index (κ1) is 33.2. The van der Waals surface area contributed by atoms with E-state index in [0.717, 1.165) is 26.4 Å². The lowest BCUT2D eigenvalue weighted by molar-refractivity contribution is -0.943. The van der Waals surface area contributed by atoms with Gasteiger partial charge in [-0.05, 0) is 34.4 Å². The molecule has 284 valence electrons. The van der Waals surface area contributed by atoms with E-state index in [-0.39, 0.29) is 57.2 Å². The molecule has 10 heteroatoms. The van der Waals surface area contributed by atoms with Crippen LogP contribution in [0.4, 0.5) is 11.4 Å². The first-order valence-electron chi connectivity index (χ1n) is 21.0. The maximum Gasteiger partial charge on any atom is 0.136 e. The summed E-state index contributed by atoms with van der Waals surface area (Å²) in [6, 6.07) is 21.4. The second kappa shape index (κ2) is 10.6. The number of para-hydroxylation sites is 2. The maximum atomic E-state index is 7.57. The molecule has 2 saturated carbocycles. The van der Waals surface area contributed by atoms with Crippen LogP contribution in [0.3, 0.4) is 0 Å². The third-order valence-electron chi connectivity index (χ3n) is 18.4. The molecule has 7 saturated heterocycles. The van der Waals surface area contributed by atoms with Crippen LogP contribution in [0.2, 0.25) is 0 Å². The highest BCUT2D eigenvalue weighted by Gasteiger charge is 2.81. The van der Waals surface area contributed by atoms with E-state index in [1.165, 1.54) is 85.3 Å². The van der Waals surface area contributed by atoms with Gasteiger partial charge < -0.3 is 71.7 Å². The number of quaternary nitrogens is 2. The van der Waals surface area contributed by atoms with Crippen molar-refractivity contribution in [3.05, 3.63) is 83.0 Å². The largest absolute Gasteiger partial charge is 1.00 e. The summed E-state index contributed by atoms with van der Waals surface area (Å²) in [5.41, 5.74) is 9.82. The number of ether oxygens (including phenoxy) is 4. The lowest BCUT2D eigenvalue weighted by Gasteiger charge is -2.65. The normalized spacial score (nSPS) is 51.6. The molecule has 5 unspecified atom stereocenters. The number of anilines is 2. The molecule has 2 aliphatic carbocycles. The Morgan fingerprint density at radius 1 is 0.611 bits per heavy atom. The smallest absolute Gasteiger partial charge is 0.136 e. The van der Waals surface area contributed by atoms with Crippen LogP contribution >= 0.6 is 0 Å². The van der Waals surface area contributed by atoms with E-state index in [0.29, 0.717) is 60.0 Å². The van der Waals surface area contributed by atoms with E-state index in [1.807, 2.05) is 0 Å². The first-order valence-corrected chi connectivity index (χ1v) is 21.0. The van der Waals surface area contributed by atoms with Crippen LogP contribution in [0.5, 0.6) is 0 Å². The summed E-state index contributed by atoms with van der Waals surface area (Å²) in [7, 11) is 0. The highest BCUT2D eigenvalue weighted by Crippen LogP contribution is 2.72. The van der Waals surface area contributed by atoms with Gasteiger partial charge in [0.1, 0.15) is 62.9 Å². The summed E-state index contributed by atoms with van der Waals surface area (Å²) in [5.74, 6) is 1.82. The van der Waals surface area contributed by atoms with Gasteiger partial charge in [-0.2, -0.15) is 0 Å². The molecule has 16 atom stereocenters. The first-order chi connectivity index (χ1) is 25.6. The maximum absolute atomic E-state index is 7.57. The number of epoxide rings is 2. The molecule has 11 heterocycles. The van der Waals surface area contributed by atoms with Crippen molar-refractivity contribution in [1.29, 1.82) is 0 Å². The van der Waals surface area contributed by atoms with Gasteiger partial charge in [0.05, 0.1) is 62.4 Å². The molecule has 2 aromatic carbocycles. The van der Waals surface area contributed by atoms with Gasteiger partial charge in [-0.15, -0.1) is 0 Å². The molecule has 54 heavy (non-hydrogen) atoms. The summed E-state index contributed by atoms with van der Waals surface area (Å²) in [4.78, 5) is 5.99. The minimum absolute atomic E-state index is 0. The van der Waals surface area contributed by atoms with Crippen LogP contribution in [-0.4, -0.2) is 123 Å². The standard InChI is InChI=1S/C44H50N4O4.2BrH/c1-3-7-33-31(5-1)43-11-13-47(21-27-23-51-27)19-25-10-16-50-42-37(29(25)17-35(43)47)39(43)45(33)41-38-30-18-36-44(32-6-2-4-8-34(32)46(42)40(38)44)12-14-48(36,22-28-24-52-28)20-26(30)9-15-49-41;;/h1-10,27-30,35-42H,11-24H2;2*1H/q+2;;/p-2/t27?,28?,29-,30?,35-,36-,37+,38+,39-,40-,41+,42+,43+,44+,47?,48?;;/m0../s1. The highest BCUT2D eigenvalue weighted by atomic mass is 79.9. The summed E-state index contributed by atoms with van der Waals surface area (Å²) in [6.07, 6.45) is 11.2. The van der Waals surface area contributed by atoms with Crippen molar-refractivity contribution in [2.75, 3.05) is 75.5 Å². The molecule has 0 aromatic heterocycles. The topological polar surface area (TPSA) is 50.0 Å². The number of nitrogens with zero attached hydrogens (tertiary/aromatic N) is 4. The monoisotopic (exact) mass is 856 g/mol. The molecule has 2 aromatic rings. The second-order valence-corrected chi connectivity index (χ2v) is 19.7. The number of rotatable bonds is 4. The average Bonchev–Trinajstić information content (AvgIpc) is 4.07. The summed E-state index contributed by atoms with van der Waals surface area (Å²) in [5, 5.41) is 0. The number of halogens is 2. The third kappa shape index (κ3) is 3.59. The Balaban J connectivity index is 0.00000156. The molecule has 0 amide bonds. The lowest BCUT2D eigenvalue weighted by atomic mass is 9.52. The molecule has 0 radical (unpaired) electrons. The van der Waals surface area contributed by atoms with E-state index in [9.17, 15) is 0 Å². The second-order valence-electron chi connectivity index (χ2n) is 19.7. The van der Waals surface area contributed by atoms with Crippen LogP contribution in [0.25, 0.3) is 0 Å². The van der Waals surface area contributed by atoms with E-state index in [2.05, 4.69) is 70.5 Å². The third-order valence-corrected chi connectivity index (χ3v) is 18.4. The Bertz CT molecular complexity index is 1910. The molecule has 4 bridgehead atoms. The van der Waals surface area contributed by atoms with E-state index < -0.39 is 0 Å². The Morgan fingerprint density at radius 3 is 1.50 bits per heavy atom. The molecule has 2 spiro atoms. The fourth-order valence-corrected chi connectivity index (χ4v) is 17.1. The Labute approximate surface area is 339 Å². The number of benzene rings is 2. The fraction of sp³-hybridized carbons (Fsp3) is 0.636. The molecule has 0 N–H and O–H groups in total. The van der Waals surface area contributed by atoms with E-state index in [1.54, 1.807) is 22.3 Å². The average molecular weight is 859 g/mol. The zero-order valence-electron chi connectivity index (χ0n) is 30.8. The van der Waals surface area contributed by atoms with Gasteiger partial charge >= 0.3 is 0 Å². The fourth-order valence-electron chi connectivity index (χ4n) is 17.1. The van der Waals surface area contributed by atoms with Crippen LogP contribution in [0, 0.1) is 23.7 Å². The quantitative estimate of drug-likeness (QED) is 0.204. The Kier molecular flexibility index (Phi) is 6.55. The van der Waals surface area contributed by atoms with Crippen molar-refractivity contribution >= 4 is 11.4 Å². The van der Waals surface area contributed by atoms with Crippen molar-refractivity contribution in [1.82, 2.24) is 0 Å². The number of hydrogen-bond donors (Lipinski definition) is 0. The van der Waals surface area contributed by atoms with Crippen molar-refractivity contribution in [2.24, 2.45) is 23.7 Å². The van der Waals surface area contributed by atoms with Crippen molar-refractivity contribution in [3.8, 4) is 0 Å². The van der Waals surface area contributed by atoms with Crippen LogP contribution < -0.4 is 43.8 Å². The van der Waals surface area contributed by atoms with Gasteiger partial charge in [-0.1, -0.05) is 48.6 Å². The van der Waals surface area contributed by atoms with Gasteiger partial charge in [-0.3, -0.25) is 0 Å². The van der Waals surface area contributed by atoms with Gasteiger partial charge in [0.2, 0.25) is 0 Å². The Hall–Kier alpha value is -1.76.